The second kappa shape index (κ2) is 5.41. The highest BCUT2D eigenvalue weighted by molar-refractivity contribution is 7.81. The molecular weight excluding hydrogens is 217 g/mol. The minimum absolute atomic E-state index is 0. The van der Waals surface area contributed by atoms with Crippen LogP contribution in [-0.2, 0) is 4.79 Å². The third-order valence-corrected chi connectivity index (χ3v) is 2.14. The Bertz CT molecular complexity index is 255. The monoisotopic (exact) mass is 223 g/mol. The largest absolute Gasteiger partial charge is 0.280 e. The van der Waals surface area contributed by atoms with Crippen molar-refractivity contribution in [1.82, 2.24) is 4.98 Å². The molecule has 1 aromatic heterocycles. The maximum atomic E-state index is 10.6. The summed E-state index contributed by atoms with van der Waals surface area (Å²) in [4.78, 5) is 14.4. The Balaban J connectivity index is 0.00000121. The number of halogens is 2. The summed E-state index contributed by atoms with van der Waals surface area (Å²) in [5, 5.41) is -1.01. The van der Waals surface area contributed by atoms with Gasteiger partial charge in [0.1, 0.15) is 5.25 Å². The summed E-state index contributed by atoms with van der Waals surface area (Å²) in [6, 6.07) is 3.41. The topological polar surface area (TPSA) is 30.0 Å². The molecule has 1 unspecified atom stereocenters. The summed E-state index contributed by atoms with van der Waals surface area (Å²) < 4.78 is 0. The highest BCUT2D eigenvalue weighted by atomic mass is 35.5. The van der Waals surface area contributed by atoms with Crippen molar-refractivity contribution in [3.63, 3.8) is 0 Å². The number of hydrogen-bond donors (Lipinski definition) is 1. The third-order valence-electron chi connectivity index (χ3n) is 1.24. The first kappa shape index (κ1) is 11.8. The lowest BCUT2D eigenvalue weighted by Gasteiger charge is -2.02. The summed E-state index contributed by atoms with van der Waals surface area (Å²) in [6.45, 7) is 0. The van der Waals surface area contributed by atoms with Gasteiger partial charge in [0.25, 0.3) is 0 Å². The van der Waals surface area contributed by atoms with E-state index in [1.165, 1.54) is 0 Å². The van der Waals surface area contributed by atoms with E-state index in [9.17, 15) is 4.79 Å². The second-order valence-electron chi connectivity index (χ2n) is 1.99. The number of nitrogens with zero attached hydrogens (tertiary/aromatic N) is 1. The van der Waals surface area contributed by atoms with Gasteiger partial charge in [-0.15, -0.1) is 12.4 Å². The number of hydrogen-bond acceptors (Lipinski definition) is 3. The fourth-order valence-electron chi connectivity index (χ4n) is 0.677. The first-order valence-electron chi connectivity index (χ1n) is 2.99. The predicted octanol–water partition coefficient (Wildman–Crippen LogP) is 2.24. The maximum absolute atomic E-state index is 10.6. The van der Waals surface area contributed by atoms with E-state index >= 15 is 0 Å². The van der Waals surface area contributed by atoms with Crippen LogP contribution in [0.25, 0.3) is 0 Å². The number of aromatic nitrogens is 1. The lowest BCUT2D eigenvalue weighted by atomic mass is 10.2. The van der Waals surface area contributed by atoms with Gasteiger partial charge in [-0.2, -0.15) is 12.6 Å². The van der Waals surface area contributed by atoms with Gasteiger partial charge in [0.15, 0.2) is 0 Å². The van der Waals surface area contributed by atoms with Gasteiger partial charge in [0.2, 0.25) is 5.24 Å². The molecule has 0 aliphatic carbocycles. The fourth-order valence-corrected chi connectivity index (χ4v) is 0.975. The molecular formula is C7H7Cl2NOS. The van der Waals surface area contributed by atoms with E-state index in [0.717, 1.165) is 5.56 Å². The van der Waals surface area contributed by atoms with Gasteiger partial charge in [0.05, 0.1) is 0 Å². The Hall–Kier alpha value is -0.250. The Morgan fingerprint density at radius 1 is 1.50 bits per heavy atom. The Labute approximate surface area is 87.2 Å². The first-order valence-corrected chi connectivity index (χ1v) is 3.88. The summed E-state index contributed by atoms with van der Waals surface area (Å²) in [7, 11) is 0. The highest BCUT2D eigenvalue weighted by Crippen LogP contribution is 2.20. The van der Waals surface area contributed by atoms with Crippen molar-refractivity contribution in [2.45, 2.75) is 5.25 Å². The van der Waals surface area contributed by atoms with Crippen LogP contribution in [0, 0.1) is 0 Å². The van der Waals surface area contributed by atoms with Crippen molar-refractivity contribution < 1.29 is 4.79 Å². The van der Waals surface area contributed by atoms with Crippen LogP contribution < -0.4 is 0 Å². The zero-order valence-corrected chi connectivity index (χ0v) is 8.44. The van der Waals surface area contributed by atoms with Crippen molar-refractivity contribution in [3.8, 4) is 0 Å². The molecule has 0 saturated heterocycles. The summed E-state index contributed by atoms with van der Waals surface area (Å²) in [5.41, 5.74) is 0.767. The van der Waals surface area contributed by atoms with Gasteiger partial charge < -0.3 is 0 Å². The smallest absolute Gasteiger partial charge is 0.238 e. The molecule has 0 spiro atoms. The van der Waals surface area contributed by atoms with Crippen LogP contribution in [-0.4, -0.2) is 10.2 Å². The molecule has 1 atom stereocenters. The number of thiol groups is 1. The Morgan fingerprint density at radius 2 is 2.00 bits per heavy atom. The van der Waals surface area contributed by atoms with E-state index in [0.29, 0.717) is 0 Å². The van der Waals surface area contributed by atoms with E-state index < -0.39 is 10.5 Å². The molecule has 66 valence electrons. The summed E-state index contributed by atoms with van der Waals surface area (Å²) in [5.74, 6) is 0. The first-order chi connectivity index (χ1) is 5.22. The fraction of sp³-hybridized carbons (Fsp3) is 0.143. The van der Waals surface area contributed by atoms with E-state index in [4.69, 9.17) is 11.6 Å². The molecule has 0 N–H and O–H groups in total. The molecule has 1 heterocycles. The van der Waals surface area contributed by atoms with Crippen molar-refractivity contribution in [2.75, 3.05) is 0 Å². The van der Waals surface area contributed by atoms with E-state index in [2.05, 4.69) is 17.6 Å². The van der Waals surface area contributed by atoms with E-state index in [1.807, 2.05) is 0 Å². The number of rotatable bonds is 2. The zero-order valence-electron chi connectivity index (χ0n) is 5.98. The normalized spacial score (nSPS) is 11.5. The minimum Gasteiger partial charge on any atom is -0.280 e. The average molecular weight is 224 g/mol. The summed E-state index contributed by atoms with van der Waals surface area (Å²) >= 11 is 9.23. The van der Waals surface area contributed by atoms with E-state index in [-0.39, 0.29) is 12.4 Å². The van der Waals surface area contributed by atoms with Crippen LogP contribution in [0.1, 0.15) is 10.8 Å². The maximum Gasteiger partial charge on any atom is 0.238 e. The molecule has 0 amide bonds. The number of carbonyl (C=O) groups is 1. The standard InChI is InChI=1S/C7H6ClNOS.ClH/c8-7(10)6(11)5-1-3-9-4-2-5;/h1-4,6,11H;1H. The van der Waals surface area contributed by atoms with Crippen LogP contribution in [0.3, 0.4) is 0 Å². The predicted molar refractivity (Wildman–Crippen MR) is 54.1 cm³/mol. The third kappa shape index (κ3) is 3.01. The van der Waals surface area contributed by atoms with Crippen molar-refractivity contribution in [1.29, 1.82) is 0 Å². The van der Waals surface area contributed by atoms with Crippen LogP contribution in [0.2, 0.25) is 0 Å². The van der Waals surface area contributed by atoms with Gasteiger partial charge in [-0.25, -0.2) is 0 Å². The summed E-state index contributed by atoms with van der Waals surface area (Å²) in [6.07, 6.45) is 3.19. The molecule has 5 heteroatoms. The van der Waals surface area contributed by atoms with Crippen molar-refractivity contribution in [2.24, 2.45) is 0 Å². The molecule has 0 aromatic carbocycles. The Kier molecular flexibility index (Phi) is 5.29. The lowest BCUT2D eigenvalue weighted by Crippen LogP contribution is -1.98. The molecule has 0 radical (unpaired) electrons. The minimum atomic E-state index is -0.542. The molecule has 0 bridgehead atoms. The van der Waals surface area contributed by atoms with Gasteiger partial charge in [0, 0.05) is 12.4 Å². The van der Waals surface area contributed by atoms with Crippen LogP contribution in [0.5, 0.6) is 0 Å². The number of pyridine rings is 1. The molecule has 12 heavy (non-hydrogen) atoms. The quantitative estimate of drug-likeness (QED) is 0.616. The molecule has 1 rings (SSSR count). The van der Waals surface area contributed by atoms with Gasteiger partial charge in [-0.05, 0) is 29.3 Å². The van der Waals surface area contributed by atoms with Gasteiger partial charge in [-0.3, -0.25) is 9.78 Å². The molecule has 0 aliphatic heterocycles. The van der Waals surface area contributed by atoms with Crippen molar-refractivity contribution >= 4 is 41.9 Å². The SMILES string of the molecule is Cl.O=C(Cl)C(S)c1ccncc1. The lowest BCUT2D eigenvalue weighted by molar-refractivity contribution is -0.111. The molecule has 0 saturated carbocycles. The van der Waals surface area contributed by atoms with Crippen molar-refractivity contribution in [3.05, 3.63) is 30.1 Å². The van der Waals surface area contributed by atoms with Gasteiger partial charge >= 0.3 is 0 Å². The van der Waals surface area contributed by atoms with Crippen LogP contribution >= 0.6 is 36.6 Å². The molecule has 1 aromatic rings. The molecule has 0 fully saturated rings. The second-order valence-corrected chi connectivity index (χ2v) is 2.88. The Morgan fingerprint density at radius 3 is 2.42 bits per heavy atom. The van der Waals surface area contributed by atoms with Crippen LogP contribution in [0.4, 0.5) is 0 Å². The number of carbonyl (C=O) groups excluding carboxylic acids is 1. The molecule has 0 aliphatic rings. The zero-order chi connectivity index (χ0) is 8.27. The van der Waals surface area contributed by atoms with Gasteiger partial charge in [-0.1, -0.05) is 0 Å². The van der Waals surface area contributed by atoms with E-state index in [1.54, 1.807) is 24.5 Å². The van der Waals surface area contributed by atoms with Crippen LogP contribution in [0.15, 0.2) is 24.5 Å². The molecule has 2 nitrogen and oxygen atoms in total. The average Bonchev–Trinajstić information content (AvgIpc) is 2.05. The highest BCUT2D eigenvalue weighted by Gasteiger charge is 2.12.